The molecular formula is C42H66O13. The molecule has 312 valence electrons. The number of esters is 1. The molecule has 8 rings (SSSR count). The van der Waals surface area contributed by atoms with Crippen LogP contribution in [0.4, 0.5) is 0 Å². The van der Waals surface area contributed by atoms with Crippen molar-refractivity contribution in [3.8, 4) is 0 Å². The van der Waals surface area contributed by atoms with Crippen molar-refractivity contribution in [3.05, 3.63) is 11.6 Å². The minimum atomic E-state index is -1.000. The van der Waals surface area contributed by atoms with Crippen molar-refractivity contribution in [3.63, 3.8) is 0 Å². The number of hydrogen-bond acceptors (Lipinski definition) is 13. The van der Waals surface area contributed by atoms with Crippen molar-refractivity contribution in [1.29, 1.82) is 0 Å². The highest BCUT2D eigenvalue weighted by molar-refractivity contribution is 5.85. The van der Waals surface area contributed by atoms with Crippen LogP contribution in [0.1, 0.15) is 112 Å². The van der Waals surface area contributed by atoms with Crippen LogP contribution in [-0.4, -0.2) is 126 Å². The molecule has 55 heavy (non-hydrogen) atoms. The summed E-state index contributed by atoms with van der Waals surface area (Å²) in [6.07, 6.45) is 3.73. The number of hydrogen-bond donors (Lipinski definition) is 4. The number of aliphatic hydroxyl groups is 4. The molecule has 13 nitrogen and oxygen atoms in total. The first-order chi connectivity index (χ1) is 26.1. The first-order valence-electron chi connectivity index (χ1n) is 21.2. The Morgan fingerprint density at radius 1 is 0.727 bits per heavy atom. The molecule has 10 unspecified atom stereocenters. The summed E-state index contributed by atoms with van der Waals surface area (Å²) in [6, 6.07) is 0. The zero-order valence-corrected chi connectivity index (χ0v) is 33.5. The third kappa shape index (κ3) is 7.06. The lowest BCUT2D eigenvalue weighted by molar-refractivity contribution is -0.333. The molecule has 3 saturated heterocycles. The summed E-state index contributed by atoms with van der Waals surface area (Å²) in [5.74, 6) is 0.272. The normalized spacial score (nSPS) is 54.2. The quantitative estimate of drug-likeness (QED) is 0.207. The van der Waals surface area contributed by atoms with Crippen molar-refractivity contribution in [2.24, 2.45) is 34.5 Å². The third-order valence-electron chi connectivity index (χ3n) is 16.2. The molecule has 0 radical (unpaired) electrons. The largest absolute Gasteiger partial charge is 0.458 e. The molecule has 0 amide bonds. The van der Waals surface area contributed by atoms with Gasteiger partial charge < -0.3 is 58.3 Å². The molecule has 4 aliphatic heterocycles. The molecular weight excluding hydrogens is 712 g/mol. The number of carbonyl (C=O) groups excluding carboxylic acids is 1. The Balaban J connectivity index is 0.833. The Morgan fingerprint density at radius 2 is 1.38 bits per heavy atom. The average Bonchev–Trinajstić information content (AvgIpc) is 3.69. The van der Waals surface area contributed by atoms with E-state index in [1.54, 1.807) is 13.2 Å². The maximum Gasteiger partial charge on any atom is 0.331 e. The summed E-state index contributed by atoms with van der Waals surface area (Å²) < 4.78 is 48.2. The fraction of sp³-hybridized carbons (Fsp3) is 0.929. The third-order valence-corrected chi connectivity index (χ3v) is 16.2. The predicted octanol–water partition coefficient (Wildman–Crippen LogP) is 3.90. The highest BCUT2D eigenvalue weighted by atomic mass is 16.7. The van der Waals surface area contributed by atoms with Gasteiger partial charge in [0.05, 0.1) is 54.4 Å². The summed E-state index contributed by atoms with van der Waals surface area (Å²) in [5.41, 5.74) is -0.840. The SMILES string of the molecule is CO[C@H]1CCC(OC2[C@@H](O)CC(OC3[C@@H](O)C[C@H](OC4CC[C@@]5(C)C(CCC6C5CC(O)[C@]5(C)[C@H](C7=CC(=O)OC7)CCC65O)C4)O[C@@H]3C)O[C@@H]2C)O[C@@H]1C. The van der Waals surface area contributed by atoms with Crippen LogP contribution >= 0.6 is 0 Å². The number of rotatable bonds is 8. The number of aliphatic hydroxyl groups excluding tert-OH is 3. The van der Waals surface area contributed by atoms with Gasteiger partial charge in [-0.2, -0.15) is 0 Å². The van der Waals surface area contributed by atoms with E-state index in [0.29, 0.717) is 25.2 Å². The molecule has 4 heterocycles. The number of carbonyl (C=O) groups is 1. The van der Waals surface area contributed by atoms with E-state index in [-0.39, 0.29) is 66.9 Å². The lowest BCUT2D eigenvalue weighted by Crippen LogP contribution is -2.67. The highest BCUT2D eigenvalue weighted by Crippen LogP contribution is 2.70. The fourth-order valence-electron chi connectivity index (χ4n) is 13.0. The zero-order chi connectivity index (χ0) is 39.0. The van der Waals surface area contributed by atoms with Crippen LogP contribution < -0.4 is 0 Å². The van der Waals surface area contributed by atoms with Gasteiger partial charge in [-0.15, -0.1) is 0 Å². The van der Waals surface area contributed by atoms with Crippen LogP contribution in [0.25, 0.3) is 0 Å². The van der Waals surface area contributed by atoms with E-state index in [4.69, 9.17) is 37.9 Å². The minimum Gasteiger partial charge on any atom is -0.458 e. The van der Waals surface area contributed by atoms with E-state index in [0.717, 1.165) is 50.5 Å². The summed E-state index contributed by atoms with van der Waals surface area (Å²) >= 11 is 0. The molecule has 7 fully saturated rings. The summed E-state index contributed by atoms with van der Waals surface area (Å²) in [7, 11) is 1.68. The molecule has 4 aliphatic carbocycles. The second-order valence-electron chi connectivity index (χ2n) is 18.9. The van der Waals surface area contributed by atoms with E-state index >= 15 is 0 Å². The van der Waals surface area contributed by atoms with E-state index in [1.807, 2.05) is 27.7 Å². The topological polar surface area (TPSA) is 172 Å². The second-order valence-corrected chi connectivity index (χ2v) is 18.9. The molecule has 0 aromatic heterocycles. The summed E-state index contributed by atoms with van der Waals surface area (Å²) in [4.78, 5) is 12.0. The Kier molecular flexibility index (Phi) is 11.4. The minimum absolute atomic E-state index is 0.0211. The lowest BCUT2D eigenvalue weighted by Gasteiger charge is -2.65. The Labute approximate surface area is 325 Å². The summed E-state index contributed by atoms with van der Waals surface area (Å²) in [5, 5.41) is 46.8. The molecule has 0 aromatic rings. The number of cyclic esters (lactones) is 1. The van der Waals surface area contributed by atoms with E-state index in [1.165, 1.54) is 0 Å². The predicted molar refractivity (Wildman–Crippen MR) is 196 cm³/mol. The first kappa shape index (κ1) is 40.5. The van der Waals surface area contributed by atoms with E-state index in [2.05, 4.69) is 6.92 Å². The van der Waals surface area contributed by atoms with Gasteiger partial charge in [-0.05, 0) is 113 Å². The maximum absolute atomic E-state index is 12.6. The molecule has 0 aromatic carbocycles. The second kappa shape index (κ2) is 15.4. The molecule has 0 bridgehead atoms. The standard InChI is InChI=1S/C42H66O13/c1-21-32(48-6)9-10-35(50-21)54-38-22(2)52-37(19-31(38)44)55-39-23(3)51-36(18-30(39)43)53-26-11-13-40(4)25(16-26)7-8-28-29(40)17-33(45)41(5)27(12-14-42(28,41)47)24-15-34(46)49-20-24/h15,21-23,25-33,35-39,43-45,47H,7-14,16-20H2,1-6H3/t21-,22-,23-,25?,26?,27+,28?,29?,30+,31+,32+,33?,35?,36+,37?,38?,39?,40+,41+,42?/m1/s1. The van der Waals surface area contributed by atoms with E-state index < -0.39 is 72.6 Å². The van der Waals surface area contributed by atoms with Crippen LogP contribution in [0.2, 0.25) is 0 Å². The molecule has 0 spiro atoms. The van der Waals surface area contributed by atoms with Gasteiger partial charge in [-0.25, -0.2) is 4.79 Å². The molecule has 13 heteroatoms. The molecule has 4 N–H and O–H groups in total. The van der Waals surface area contributed by atoms with Crippen molar-refractivity contribution in [2.45, 2.75) is 197 Å². The van der Waals surface area contributed by atoms with E-state index in [9.17, 15) is 25.2 Å². The smallest absolute Gasteiger partial charge is 0.331 e. The van der Waals surface area contributed by atoms with Gasteiger partial charge in [0.15, 0.2) is 18.9 Å². The van der Waals surface area contributed by atoms with Crippen LogP contribution in [-0.2, 0) is 42.7 Å². The van der Waals surface area contributed by atoms with Gasteiger partial charge in [0, 0.05) is 37.9 Å². The average molecular weight is 779 g/mol. The monoisotopic (exact) mass is 778 g/mol. The zero-order valence-electron chi connectivity index (χ0n) is 33.5. The van der Waals surface area contributed by atoms with Crippen LogP contribution in [0.3, 0.4) is 0 Å². The maximum atomic E-state index is 12.6. The molecule has 20 atom stereocenters. The van der Waals surface area contributed by atoms with Crippen LogP contribution in [0.5, 0.6) is 0 Å². The van der Waals surface area contributed by atoms with Gasteiger partial charge >= 0.3 is 5.97 Å². The van der Waals surface area contributed by atoms with Crippen molar-refractivity contribution in [1.82, 2.24) is 0 Å². The molecule has 4 saturated carbocycles. The number of methoxy groups -OCH3 is 1. The van der Waals surface area contributed by atoms with Gasteiger partial charge in [0.2, 0.25) is 0 Å². The number of fused-ring (bicyclic) bond motifs is 5. The highest BCUT2D eigenvalue weighted by Gasteiger charge is 2.71. The van der Waals surface area contributed by atoms with Gasteiger partial charge in [-0.3, -0.25) is 0 Å². The Morgan fingerprint density at radius 3 is 2.00 bits per heavy atom. The summed E-state index contributed by atoms with van der Waals surface area (Å²) in [6.45, 7) is 10.4. The Hall–Kier alpha value is -1.23. The molecule has 8 aliphatic rings. The fourth-order valence-corrected chi connectivity index (χ4v) is 13.0. The van der Waals surface area contributed by atoms with Crippen molar-refractivity contribution in [2.75, 3.05) is 13.7 Å². The lowest BCUT2D eigenvalue weighted by atomic mass is 9.42. The van der Waals surface area contributed by atoms with Gasteiger partial charge in [0.25, 0.3) is 0 Å². The Bertz CT molecular complexity index is 1400. The van der Waals surface area contributed by atoms with Gasteiger partial charge in [-0.1, -0.05) is 13.8 Å². The van der Waals surface area contributed by atoms with Crippen LogP contribution in [0.15, 0.2) is 11.6 Å². The van der Waals surface area contributed by atoms with Crippen molar-refractivity contribution < 1.29 is 63.1 Å². The van der Waals surface area contributed by atoms with Crippen molar-refractivity contribution >= 4 is 5.97 Å². The van der Waals surface area contributed by atoms with Gasteiger partial charge in [0.1, 0.15) is 18.8 Å². The number of ether oxygens (including phenoxy) is 8. The first-order valence-corrected chi connectivity index (χ1v) is 21.2. The van der Waals surface area contributed by atoms with Crippen LogP contribution in [0, 0.1) is 34.5 Å².